The van der Waals surface area contributed by atoms with Crippen LogP contribution in [0.25, 0.3) is 11.1 Å². The normalized spacial score (nSPS) is 17.0. The summed E-state index contributed by atoms with van der Waals surface area (Å²) in [5.74, 6) is -1.44. The van der Waals surface area contributed by atoms with Gasteiger partial charge >= 0.3 is 12.1 Å². The van der Waals surface area contributed by atoms with Gasteiger partial charge < -0.3 is 20.5 Å². The second-order valence-electron chi connectivity index (χ2n) is 10.4. The highest BCUT2D eigenvalue weighted by Gasteiger charge is 2.47. The van der Waals surface area contributed by atoms with Gasteiger partial charge in [0.1, 0.15) is 12.6 Å². The fourth-order valence-corrected chi connectivity index (χ4v) is 4.91. The molecule has 2 aliphatic carbocycles. The first-order valence-corrected chi connectivity index (χ1v) is 11.7. The average molecular weight is 465 g/mol. The van der Waals surface area contributed by atoms with Crippen molar-refractivity contribution in [2.45, 2.75) is 52.0 Å². The van der Waals surface area contributed by atoms with E-state index in [2.05, 4.69) is 34.9 Å². The number of fused-ring (bicyclic) bond motifs is 3. The van der Waals surface area contributed by atoms with Crippen molar-refractivity contribution in [2.75, 3.05) is 13.2 Å². The number of benzene rings is 2. The molecule has 7 nitrogen and oxygen atoms in total. The van der Waals surface area contributed by atoms with Crippen LogP contribution in [-0.2, 0) is 14.3 Å². The van der Waals surface area contributed by atoms with Gasteiger partial charge in [-0.25, -0.2) is 9.59 Å². The molecule has 2 aromatic rings. The molecule has 1 saturated carbocycles. The van der Waals surface area contributed by atoms with Crippen LogP contribution in [0.1, 0.15) is 57.1 Å². The predicted molar refractivity (Wildman–Crippen MR) is 128 cm³/mol. The van der Waals surface area contributed by atoms with Crippen LogP contribution in [0.2, 0.25) is 0 Å². The molecule has 1 fully saturated rings. The molecule has 180 valence electrons. The number of ether oxygens (including phenoxy) is 1. The largest absolute Gasteiger partial charge is 0.480 e. The Labute approximate surface area is 199 Å². The van der Waals surface area contributed by atoms with Gasteiger partial charge in [0, 0.05) is 12.5 Å². The zero-order valence-electron chi connectivity index (χ0n) is 19.9. The van der Waals surface area contributed by atoms with Crippen LogP contribution in [-0.4, -0.2) is 42.3 Å². The van der Waals surface area contributed by atoms with E-state index >= 15 is 0 Å². The Balaban J connectivity index is 1.37. The van der Waals surface area contributed by atoms with Gasteiger partial charge in [0.15, 0.2) is 0 Å². The molecule has 0 saturated heterocycles. The molecule has 4 rings (SSSR count). The van der Waals surface area contributed by atoms with E-state index in [1.165, 1.54) is 0 Å². The zero-order valence-corrected chi connectivity index (χ0v) is 19.9. The third-order valence-corrected chi connectivity index (χ3v) is 7.10. The van der Waals surface area contributed by atoms with Crippen LogP contribution in [0, 0.1) is 10.8 Å². The van der Waals surface area contributed by atoms with Gasteiger partial charge in [-0.05, 0) is 40.5 Å². The summed E-state index contributed by atoms with van der Waals surface area (Å²) in [5, 5.41) is 15.0. The number of hydrogen-bond acceptors (Lipinski definition) is 4. The summed E-state index contributed by atoms with van der Waals surface area (Å²) in [7, 11) is 0. The Bertz CT molecular complexity index is 1050. The second-order valence-corrected chi connectivity index (χ2v) is 10.4. The van der Waals surface area contributed by atoms with Crippen molar-refractivity contribution in [3.63, 3.8) is 0 Å². The van der Waals surface area contributed by atoms with Gasteiger partial charge in [0.05, 0.1) is 5.41 Å². The maximum absolute atomic E-state index is 13.0. The maximum atomic E-state index is 13.0. The average Bonchev–Trinajstić information content (AvgIpc) is 3.08. The Morgan fingerprint density at radius 2 is 1.59 bits per heavy atom. The van der Waals surface area contributed by atoms with E-state index in [-0.39, 0.29) is 25.0 Å². The van der Waals surface area contributed by atoms with Crippen LogP contribution >= 0.6 is 0 Å². The van der Waals surface area contributed by atoms with E-state index in [0.717, 1.165) is 28.7 Å². The molecule has 0 aliphatic heterocycles. The van der Waals surface area contributed by atoms with Gasteiger partial charge in [-0.1, -0.05) is 75.7 Å². The Hall–Kier alpha value is -3.35. The maximum Gasteiger partial charge on any atom is 0.407 e. The first kappa shape index (κ1) is 23.8. The summed E-state index contributed by atoms with van der Waals surface area (Å²) in [6, 6.07) is 15.2. The van der Waals surface area contributed by atoms with E-state index in [9.17, 15) is 19.5 Å². The van der Waals surface area contributed by atoms with Crippen molar-refractivity contribution >= 4 is 18.0 Å². The number of carbonyl (C=O) groups is 3. The number of nitrogens with one attached hydrogen (secondary N) is 2. The summed E-state index contributed by atoms with van der Waals surface area (Å²) < 4.78 is 5.58. The molecule has 0 bridgehead atoms. The highest BCUT2D eigenvalue weighted by molar-refractivity contribution is 5.89. The molecule has 1 atom stereocenters. The van der Waals surface area contributed by atoms with E-state index in [1.807, 2.05) is 24.3 Å². The fourth-order valence-electron chi connectivity index (χ4n) is 4.91. The number of hydrogen-bond donors (Lipinski definition) is 3. The van der Waals surface area contributed by atoms with Crippen LogP contribution in [0.15, 0.2) is 48.5 Å². The van der Waals surface area contributed by atoms with E-state index in [0.29, 0.717) is 12.8 Å². The Morgan fingerprint density at radius 1 is 1.03 bits per heavy atom. The predicted octanol–water partition coefficient (Wildman–Crippen LogP) is 4.31. The van der Waals surface area contributed by atoms with Gasteiger partial charge in [0.2, 0.25) is 5.91 Å². The van der Waals surface area contributed by atoms with Gasteiger partial charge in [-0.15, -0.1) is 0 Å². The number of carboxylic acids is 1. The monoisotopic (exact) mass is 464 g/mol. The standard InChI is InChI=1S/C27H32N2O5/c1-26(2,3)22(23(30)31)29-24(32)27(13-8-14-27)16-28-25(33)34-15-21-19-11-6-4-9-17(19)18-10-5-7-12-20(18)21/h4-7,9-12,21-22H,8,13-16H2,1-3H3,(H,28,33)(H,29,32)(H,30,31)/t22-/m0/s1. The molecule has 0 spiro atoms. The third-order valence-electron chi connectivity index (χ3n) is 7.10. The molecule has 0 heterocycles. The number of carboxylic acid groups (broad SMARTS) is 1. The number of carbonyl (C=O) groups excluding carboxylic acids is 2. The van der Waals surface area contributed by atoms with Crippen molar-refractivity contribution in [2.24, 2.45) is 10.8 Å². The van der Waals surface area contributed by atoms with Crippen molar-refractivity contribution in [1.29, 1.82) is 0 Å². The highest BCUT2D eigenvalue weighted by Crippen LogP contribution is 2.44. The second kappa shape index (κ2) is 9.12. The van der Waals surface area contributed by atoms with E-state index in [4.69, 9.17) is 4.74 Å². The minimum absolute atomic E-state index is 0.0396. The van der Waals surface area contributed by atoms with Crippen LogP contribution in [0.5, 0.6) is 0 Å². The summed E-state index contributed by atoms with van der Waals surface area (Å²) in [6.45, 7) is 5.63. The highest BCUT2D eigenvalue weighted by atomic mass is 16.5. The number of amides is 2. The lowest BCUT2D eigenvalue weighted by Crippen LogP contribution is -2.58. The Morgan fingerprint density at radius 3 is 2.06 bits per heavy atom. The lowest BCUT2D eigenvalue weighted by atomic mass is 9.67. The summed E-state index contributed by atoms with van der Waals surface area (Å²) in [4.78, 5) is 37.2. The van der Waals surface area contributed by atoms with Crippen molar-refractivity contribution in [3.05, 3.63) is 59.7 Å². The summed E-state index contributed by atoms with van der Waals surface area (Å²) >= 11 is 0. The molecule has 34 heavy (non-hydrogen) atoms. The minimum atomic E-state index is -1.07. The summed E-state index contributed by atoms with van der Waals surface area (Å²) in [5.41, 5.74) is 3.14. The van der Waals surface area contributed by atoms with Crippen LogP contribution in [0.3, 0.4) is 0 Å². The van der Waals surface area contributed by atoms with E-state index < -0.39 is 28.9 Å². The number of aliphatic carboxylic acids is 1. The lowest BCUT2D eigenvalue weighted by Gasteiger charge is -2.42. The van der Waals surface area contributed by atoms with Crippen molar-refractivity contribution in [3.8, 4) is 11.1 Å². The van der Waals surface area contributed by atoms with Crippen molar-refractivity contribution in [1.82, 2.24) is 10.6 Å². The molecule has 3 N–H and O–H groups in total. The van der Waals surface area contributed by atoms with Crippen LogP contribution < -0.4 is 10.6 Å². The molecule has 0 radical (unpaired) electrons. The fraction of sp³-hybridized carbons (Fsp3) is 0.444. The minimum Gasteiger partial charge on any atom is -0.480 e. The lowest BCUT2D eigenvalue weighted by molar-refractivity contribution is -0.148. The first-order chi connectivity index (χ1) is 16.1. The summed E-state index contributed by atoms with van der Waals surface area (Å²) in [6.07, 6.45) is 1.47. The quantitative estimate of drug-likeness (QED) is 0.566. The molecular formula is C27H32N2O5. The SMILES string of the molecule is CC(C)(C)[C@@H](NC(=O)C1(CNC(=O)OCC2c3ccccc3-c3ccccc32)CCC1)C(=O)O. The molecule has 0 aromatic heterocycles. The Kier molecular flexibility index (Phi) is 6.39. The van der Waals surface area contributed by atoms with Gasteiger partial charge in [-0.2, -0.15) is 0 Å². The smallest absolute Gasteiger partial charge is 0.407 e. The molecule has 2 aromatic carbocycles. The molecule has 2 amide bonds. The van der Waals surface area contributed by atoms with Crippen LogP contribution in [0.4, 0.5) is 4.79 Å². The zero-order chi connectivity index (χ0) is 24.5. The molecular weight excluding hydrogens is 432 g/mol. The number of alkyl carbamates (subject to hydrolysis) is 1. The third kappa shape index (κ3) is 4.52. The molecule has 7 heteroatoms. The van der Waals surface area contributed by atoms with Crippen molar-refractivity contribution < 1.29 is 24.2 Å². The van der Waals surface area contributed by atoms with Gasteiger partial charge in [0.25, 0.3) is 0 Å². The first-order valence-electron chi connectivity index (χ1n) is 11.7. The van der Waals surface area contributed by atoms with E-state index in [1.54, 1.807) is 20.8 Å². The van der Waals surface area contributed by atoms with Gasteiger partial charge in [-0.3, -0.25) is 4.79 Å². The molecule has 2 aliphatic rings. The number of rotatable bonds is 7. The topological polar surface area (TPSA) is 105 Å². The molecule has 0 unspecified atom stereocenters.